The highest BCUT2D eigenvalue weighted by Crippen LogP contribution is 2.27. The maximum absolute atomic E-state index is 12.8. The van der Waals surface area contributed by atoms with Gasteiger partial charge in [-0.1, -0.05) is 11.6 Å². The van der Waals surface area contributed by atoms with Gasteiger partial charge in [0.05, 0.1) is 42.0 Å². The van der Waals surface area contributed by atoms with Crippen LogP contribution >= 0.6 is 11.6 Å². The fraction of sp³-hybridized carbons (Fsp3) is 0.333. The maximum Gasteiger partial charge on any atom is 0.141 e. The Bertz CT molecular complexity index is 544. The van der Waals surface area contributed by atoms with Crippen LogP contribution in [0, 0.1) is 5.82 Å². The van der Waals surface area contributed by atoms with Gasteiger partial charge in [0.25, 0.3) is 0 Å². The lowest BCUT2D eigenvalue weighted by Gasteiger charge is -2.13. The summed E-state index contributed by atoms with van der Waals surface area (Å²) in [6, 6.07) is 2.64. The molecule has 0 aliphatic carbocycles. The molecule has 1 N–H and O–H groups in total. The van der Waals surface area contributed by atoms with E-state index in [1.54, 1.807) is 11.8 Å². The molecule has 0 radical (unpaired) electrons. The quantitative estimate of drug-likeness (QED) is 0.910. The molecule has 2 rings (SSSR count). The molecule has 5 nitrogen and oxygen atoms in total. The number of halogens is 2. The first-order valence-corrected chi connectivity index (χ1v) is 6.01. The van der Waals surface area contributed by atoms with Crippen LogP contribution in [-0.4, -0.2) is 33.6 Å². The van der Waals surface area contributed by atoms with Gasteiger partial charge in [0.15, 0.2) is 0 Å². The van der Waals surface area contributed by atoms with E-state index in [9.17, 15) is 9.50 Å². The fourth-order valence-electron chi connectivity index (χ4n) is 1.69. The van der Waals surface area contributed by atoms with Gasteiger partial charge in [-0.15, -0.1) is 0 Å². The highest BCUT2D eigenvalue weighted by Gasteiger charge is 2.20. The van der Waals surface area contributed by atoms with Gasteiger partial charge in [-0.2, -0.15) is 5.10 Å². The second-order valence-electron chi connectivity index (χ2n) is 3.90. The van der Waals surface area contributed by atoms with E-state index in [1.165, 1.54) is 18.3 Å². The number of aromatic nitrogens is 3. The molecule has 0 amide bonds. The highest BCUT2D eigenvalue weighted by molar-refractivity contribution is 6.31. The largest absolute Gasteiger partial charge is 0.383 e. The summed E-state index contributed by atoms with van der Waals surface area (Å²) in [4.78, 5) is 3.84. The van der Waals surface area contributed by atoms with Gasteiger partial charge >= 0.3 is 0 Å². The van der Waals surface area contributed by atoms with Gasteiger partial charge in [-0.05, 0) is 12.1 Å². The van der Waals surface area contributed by atoms with Gasteiger partial charge in [0.2, 0.25) is 0 Å². The van der Waals surface area contributed by atoms with Crippen molar-refractivity contribution in [2.24, 2.45) is 0 Å². The minimum Gasteiger partial charge on any atom is -0.383 e. The first-order chi connectivity index (χ1) is 9.13. The van der Waals surface area contributed by atoms with Gasteiger partial charge in [0, 0.05) is 7.11 Å². The summed E-state index contributed by atoms with van der Waals surface area (Å²) in [6.07, 6.45) is 1.43. The minimum absolute atomic E-state index is 0.308. The van der Waals surface area contributed by atoms with E-state index >= 15 is 0 Å². The molecule has 0 spiro atoms. The molecule has 2 aromatic rings. The van der Waals surface area contributed by atoms with Crippen molar-refractivity contribution >= 4 is 11.6 Å². The van der Waals surface area contributed by atoms with Crippen molar-refractivity contribution < 1.29 is 14.2 Å². The number of ether oxygens (including phenoxy) is 1. The summed E-state index contributed by atoms with van der Waals surface area (Å²) >= 11 is 6.01. The molecule has 0 saturated heterocycles. The lowest BCUT2D eigenvalue weighted by Crippen LogP contribution is -2.14. The summed E-state index contributed by atoms with van der Waals surface area (Å²) < 4.78 is 19.3. The molecule has 0 saturated carbocycles. The third-order valence-corrected chi connectivity index (χ3v) is 2.92. The summed E-state index contributed by atoms with van der Waals surface area (Å²) in [7, 11) is 1.57. The number of pyridine rings is 1. The van der Waals surface area contributed by atoms with Crippen molar-refractivity contribution in [1.82, 2.24) is 14.8 Å². The fourth-order valence-corrected chi connectivity index (χ4v) is 1.93. The average Bonchev–Trinajstić information content (AvgIpc) is 2.77. The van der Waals surface area contributed by atoms with Crippen LogP contribution in [0.5, 0.6) is 0 Å². The van der Waals surface area contributed by atoms with Crippen molar-refractivity contribution in [3.63, 3.8) is 0 Å². The van der Waals surface area contributed by atoms with Crippen molar-refractivity contribution in [2.75, 3.05) is 13.7 Å². The topological polar surface area (TPSA) is 60.2 Å². The van der Waals surface area contributed by atoms with E-state index in [4.69, 9.17) is 16.3 Å². The van der Waals surface area contributed by atoms with Crippen molar-refractivity contribution in [2.45, 2.75) is 12.6 Å². The van der Waals surface area contributed by atoms with Crippen molar-refractivity contribution in [1.29, 1.82) is 0 Å². The Kier molecular flexibility index (Phi) is 4.47. The molecule has 7 heteroatoms. The zero-order chi connectivity index (χ0) is 13.8. The number of aliphatic hydroxyl groups excluding tert-OH is 1. The Morgan fingerprint density at radius 3 is 2.89 bits per heavy atom. The zero-order valence-corrected chi connectivity index (χ0v) is 11.0. The lowest BCUT2D eigenvalue weighted by atomic mass is 10.1. The SMILES string of the molecule is COCCn1ncc(Cl)c1C(O)c1ccc(F)cn1. The van der Waals surface area contributed by atoms with Crippen LogP contribution in [-0.2, 0) is 11.3 Å². The maximum atomic E-state index is 12.8. The summed E-state index contributed by atoms with van der Waals surface area (Å²) in [6.45, 7) is 0.894. The molecule has 0 bridgehead atoms. The Labute approximate surface area is 114 Å². The Morgan fingerprint density at radius 1 is 1.47 bits per heavy atom. The van der Waals surface area contributed by atoms with Crippen LogP contribution in [0.15, 0.2) is 24.5 Å². The van der Waals surface area contributed by atoms with Crippen LogP contribution in [0.4, 0.5) is 4.39 Å². The van der Waals surface area contributed by atoms with Gasteiger partial charge in [-0.3, -0.25) is 9.67 Å². The lowest BCUT2D eigenvalue weighted by molar-refractivity contribution is 0.170. The van der Waals surface area contributed by atoms with Crippen LogP contribution in [0.1, 0.15) is 17.5 Å². The second-order valence-corrected chi connectivity index (χ2v) is 4.30. The molecule has 2 heterocycles. The highest BCUT2D eigenvalue weighted by atomic mass is 35.5. The average molecular weight is 286 g/mol. The number of nitrogens with zero attached hydrogens (tertiary/aromatic N) is 3. The standard InChI is InChI=1S/C12H13ClFN3O2/c1-19-5-4-17-11(9(13)7-16-17)12(18)10-3-2-8(14)6-15-10/h2-3,6-7,12,18H,4-5H2,1H3. The molecule has 1 atom stereocenters. The predicted octanol–water partition coefficient (Wildman–Crippen LogP) is 1.80. The summed E-state index contributed by atoms with van der Waals surface area (Å²) in [5.74, 6) is -0.463. The first kappa shape index (κ1) is 13.9. The minimum atomic E-state index is -1.06. The molecule has 0 aromatic carbocycles. The Hall–Kier alpha value is -1.50. The molecule has 0 aliphatic heterocycles. The van der Waals surface area contributed by atoms with E-state index in [0.29, 0.717) is 29.6 Å². The van der Waals surface area contributed by atoms with Crippen LogP contribution in [0.2, 0.25) is 5.02 Å². The molecule has 2 aromatic heterocycles. The molecule has 102 valence electrons. The molecule has 0 aliphatic rings. The monoisotopic (exact) mass is 285 g/mol. The Balaban J connectivity index is 2.29. The summed E-state index contributed by atoms with van der Waals surface area (Å²) in [5.41, 5.74) is 0.722. The molecule has 0 fully saturated rings. The van der Waals surface area contributed by atoms with Crippen LogP contribution in [0.3, 0.4) is 0 Å². The second kappa shape index (κ2) is 6.10. The van der Waals surface area contributed by atoms with E-state index < -0.39 is 11.9 Å². The zero-order valence-electron chi connectivity index (χ0n) is 10.3. The number of hydrogen-bond donors (Lipinski definition) is 1. The summed E-state index contributed by atoms with van der Waals surface area (Å²) in [5, 5.41) is 14.7. The van der Waals surface area contributed by atoms with E-state index in [0.717, 1.165) is 6.20 Å². The van der Waals surface area contributed by atoms with Crippen LogP contribution < -0.4 is 0 Å². The normalized spacial score (nSPS) is 12.6. The third kappa shape index (κ3) is 3.09. The third-order valence-electron chi connectivity index (χ3n) is 2.63. The number of rotatable bonds is 5. The number of hydrogen-bond acceptors (Lipinski definition) is 4. The molecular weight excluding hydrogens is 273 g/mol. The van der Waals surface area contributed by atoms with Crippen molar-refractivity contribution in [3.8, 4) is 0 Å². The van der Waals surface area contributed by atoms with E-state index in [-0.39, 0.29) is 0 Å². The van der Waals surface area contributed by atoms with E-state index in [1.807, 2.05) is 0 Å². The van der Waals surface area contributed by atoms with Crippen molar-refractivity contribution in [3.05, 3.63) is 46.8 Å². The van der Waals surface area contributed by atoms with Gasteiger partial charge < -0.3 is 9.84 Å². The molecule has 19 heavy (non-hydrogen) atoms. The number of aliphatic hydroxyl groups is 1. The Morgan fingerprint density at radius 2 is 2.26 bits per heavy atom. The van der Waals surface area contributed by atoms with E-state index in [2.05, 4.69) is 10.1 Å². The molecular formula is C12H13ClFN3O2. The number of methoxy groups -OCH3 is 1. The van der Waals surface area contributed by atoms with Gasteiger partial charge in [-0.25, -0.2) is 4.39 Å². The molecule has 1 unspecified atom stereocenters. The smallest absolute Gasteiger partial charge is 0.141 e. The predicted molar refractivity (Wildman–Crippen MR) is 67.4 cm³/mol. The van der Waals surface area contributed by atoms with Crippen LogP contribution in [0.25, 0.3) is 0 Å². The first-order valence-electron chi connectivity index (χ1n) is 5.63. The van der Waals surface area contributed by atoms with Gasteiger partial charge in [0.1, 0.15) is 11.9 Å².